The second-order valence-electron chi connectivity index (χ2n) is 9.82. The first-order chi connectivity index (χ1) is 19.1. The van der Waals surface area contributed by atoms with Crippen LogP contribution in [0.15, 0.2) is 83.8 Å². The fourth-order valence-electron chi connectivity index (χ4n) is 4.37. The van der Waals surface area contributed by atoms with Crippen LogP contribution in [0, 0.1) is 6.92 Å². The molecule has 1 N–H and O–H groups in total. The van der Waals surface area contributed by atoms with Crippen LogP contribution in [0.4, 0.5) is 5.69 Å². The van der Waals surface area contributed by atoms with Gasteiger partial charge in [-0.05, 0) is 63.9 Å². The minimum atomic E-state index is -4.18. The molecule has 214 valence electrons. The largest absolute Gasteiger partial charge is 0.492 e. The van der Waals surface area contributed by atoms with Crippen LogP contribution < -0.4 is 14.4 Å². The molecule has 2 amide bonds. The Hall–Kier alpha value is -3.85. The maximum absolute atomic E-state index is 14.1. The van der Waals surface area contributed by atoms with Crippen molar-refractivity contribution in [2.75, 3.05) is 17.5 Å². The van der Waals surface area contributed by atoms with Gasteiger partial charge in [0.1, 0.15) is 18.3 Å². The van der Waals surface area contributed by atoms with E-state index in [9.17, 15) is 18.0 Å². The second-order valence-corrected chi connectivity index (χ2v) is 11.7. The number of sulfonamides is 1. The third-order valence-corrected chi connectivity index (χ3v) is 8.11. The predicted octanol–water partition coefficient (Wildman–Crippen LogP) is 4.92. The molecule has 0 unspecified atom stereocenters. The fraction of sp³-hybridized carbons (Fsp3) is 0.355. The highest BCUT2D eigenvalue weighted by molar-refractivity contribution is 7.92. The van der Waals surface area contributed by atoms with Gasteiger partial charge >= 0.3 is 0 Å². The number of carbonyl (C=O) groups excluding carboxylic acids is 2. The van der Waals surface area contributed by atoms with Crippen molar-refractivity contribution < 1.29 is 22.7 Å². The van der Waals surface area contributed by atoms with Gasteiger partial charge in [-0.15, -0.1) is 0 Å². The van der Waals surface area contributed by atoms with E-state index in [0.717, 1.165) is 15.4 Å². The first-order valence-corrected chi connectivity index (χ1v) is 15.0. The number of amides is 2. The Morgan fingerprint density at radius 3 is 2.12 bits per heavy atom. The summed E-state index contributed by atoms with van der Waals surface area (Å²) in [6, 6.07) is 21.7. The Bertz CT molecular complexity index is 1380. The molecule has 0 saturated carbocycles. The first-order valence-electron chi connectivity index (χ1n) is 13.5. The number of hydrogen-bond acceptors (Lipinski definition) is 5. The van der Waals surface area contributed by atoms with Crippen molar-refractivity contribution in [1.82, 2.24) is 10.2 Å². The molecule has 0 bridgehead atoms. The highest BCUT2D eigenvalue weighted by Crippen LogP contribution is 2.33. The number of ether oxygens (including phenoxy) is 1. The van der Waals surface area contributed by atoms with Crippen molar-refractivity contribution in [3.63, 3.8) is 0 Å². The Balaban J connectivity index is 2.10. The lowest BCUT2D eigenvalue weighted by molar-refractivity contribution is -0.140. The van der Waals surface area contributed by atoms with E-state index in [4.69, 9.17) is 4.74 Å². The molecule has 0 aliphatic heterocycles. The van der Waals surface area contributed by atoms with E-state index in [1.165, 1.54) is 17.0 Å². The molecule has 0 fully saturated rings. The molecule has 0 radical (unpaired) electrons. The average Bonchev–Trinajstić information content (AvgIpc) is 2.92. The summed E-state index contributed by atoms with van der Waals surface area (Å²) in [6.45, 7) is 9.17. The summed E-state index contributed by atoms with van der Waals surface area (Å²) in [4.78, 5) is 28.8. The monoisotopic (exact) mass is 565 g/mol. The molecule has 0 saturated heterocycles. The number of benzene rings is 3. The molecular weight excluding hydrogens is 526 g/mol. The second kappa shape index (κ2) is 14.0. The van der Waals surface area contributed by atoms with Crippen molar-refractivity contribution in [3.8, 4) is 5.75 Å². The molecule has 0 aliphatic carbocycles. The quantitative estimate of drug-likeness (QED) is 0.317. The van der Waals surface area contributed by atoms with Gasteiger partial charge in [-0.3, -0.25) is 13.9 Å². The molecule has 3 aromatic rings. The summed E-state index contributed by atoms with van der Waals surface area (Å²) in [7, 11) is -4.18. The SMILES string of the molecule is CCOc1ccccc1N(CC(=O)N(Cc1ccccc1)[C@H](CC)C(=O)NC(C)C)S(=O)(=O)c1ccc(C)cc1. The molecule has 1 atom stereocenters. The van der Waals surface area contributed by atoms with Gasteiger partial charge in [0.15, 0.2) is 0 Å². The number of nitrogens with zero attached hydrogens (tertiary/aromatic N) is 2. The summed E-state index contributed by atoms with van der Waals surface area (Å²) in [5, 5.41) is 2.90. The Labute approximate surface area is 238 Å². The summed E-state index contributed by atoms with van der Waals surface area (Å²) < 4.78 is 35.0. The van der Waals surface area contributed by atoms with E-state index in [1.54, 1.807) is 36.4 Å². The highest BCUT2D eigenvalue weighted by atomic mass is 32.2. The molecule has 0 aliphatic rings. The zero-order chi connectivity index (χ0) is 29.3. The van der Waals surface area contributed by atoms with Crippen molar-refractivity contribution >= 4 is 27.5 Å². The normalized spacial score (nSPS) is 12.1. The van der Waals surface area contributed by atoms with Crippen molar-refractivity contribution in [2.45, 2.75) is 64.6 Å². The van der Waals surface area contributed by atoms with Gasteiger partial charge in [0, 0.05) is 12.6 Å². The van der Waals surface area contributed by atoms with Crippen LogP contribution in [0.5, 0.6) is 5.75 Å². The Kier molecular flexibility index (Phi) is 10.7. The first kappa shape index (κ1) is 30.7. The summed E-state index contributed by atoms with van der Waals surface area (Å²) >= 11 is 0. The topological polar surface area (TPSA) is 96.0 Å². The lowest BCUT2D eigenvalue weighted by Gasteiger charge is -2.34. The average molecular weight is 566 g/mol. The van der Waals surface area contributed by atoms with Crippen LogP contribution in [0.3, 0.4) is 0 Å². The summed E-state index contributed by atoms with van der Waals surface area (Å²) in [6.07, 6.45) is 0.359. The maximum Gasteiger partial charge on any atom is 0.264 e. The number of rotatable bonds is 13. The zero-order valence-corrected chi connectivity index (χ0v) is 24.6. The van der Waals surface area contributed by atoms with E-state index >= 15 is 0 Å². The van der Waals surface area contributed by atoms with Crippen molar-refractivity contribution in [2.24, 2.45) is 0 Å². The standard InChI is InChI=1S/C31H39N3O5S/c1-6-27(31(36)32-23(3)4)33(21-25-13-9-8-10-14-25)30(35)22-34(28-15-11-12-16-29(28)39-7-2)40(37,38)26-19-17-24(5)18-20-26/h8-20,23,27H,6-7,21-22H2,1-5H3,(H,32,36)/t27-/m1/s1. The van der Waals surface area contributed by atoms with Gasteiger partial charge in [-0.2, -0.15) is 0 Å². The van der Waals surface area contributed by atoms with Gasteiger partial charge in [0.2, 0.25) is 11.8 Å². The smallest absolute Gasteiger partial charge is 0.264 e. The zero-order valence-electron chi connectivity index (χ0n) is 23.8. The van der Waals surface area contributed by atoms with Crippen LogP contribution in [-0.4, -0.2) is 50.4 Å². The van der Waals surface area contributed by atoms with Crippen LogP contribution in [-0.2, 0) is 26.2 Å². The Morgan fingerprint density at radius 2 is 1.52 bits per heavy atom. The van der Waals surface area contributed by atoms with Gasteiger partial charge in [0.05, 0.1) is 17.2 Å². The summed E-state index contributed by atoms with van der Waals surface area (Å²) in [5.41, 5.74) is 1.99. The number of para-hydroxylation sites is 2. The van der Waals surface area contributed by atoms with Crippen LogP contribution in [0.25, 0.3) is 0 Å². The minimum Gasteiger partial charge on any atom is -0.492 e. The van der Waals surface area contributed by atoms with Crippen molar-refractivity contribution in [3.05, 3.63) is 90.0 Å². The number of hydrogen-bond donors (Lipinski definition) is 1. The third-order valence-electron chi connectivity index (χ3n) is 6.33. The van der Waals surface area contributed by atoms with E-state index < -0.39 is 28.5 Å². The van der Waals surface area contributed by atoms with Crippen LogP contribution in [0.2, 0.25) is 0 Å². The van der Waals surface area contributed by atoms with Gasteiger partial charge in [-0.1, -0.05) is 67.1 Å². The minimum absolute atomic E-state index is 0.0522. The summed E-state index contributed by atoms with van der Waals surface area (Å²) in [5.74, 6) is -0.450. The van der Waals surface area contributed by atoms with E-state index in [1.807, 2.05) is 65.0 Å². The maximum atomic E-state index is 14.1. The van der Waals surface area contributed by atoms with Gasteiger partial charge in [0.25, 0.3) is 10.0 Å². The lowest BCUT2D eigenvalue weighted by Crippen LogP contribution is -2.53. The number of aryl methyl sites for hydroxylation is 1. The van der Waals surface area contributed by atoms with Crippen molar-refractivity contribution in [1.29, 1.82) is 0 Å². The van der Waals surface area contributed by atoms with Gasteiger partial charge < -0.3 is 15.0 Å². The molecule has 3 rings (SSSR count). The number of nitrogens with one attached hydrogen (secondary N) is 1. The third kappa shape index (κ3) is 7.63. The molecule has 3 aromatic carbocycles. The number of carbonyl (C=O) groups is 2. The predicted molar refractivity (Wildman–Crippen MR) is 158 cm³/mol. The Morgan fingerprint density at radius 1 is 0.900 bits per heavy atom. The molecule has 0 spiro atoms. The molecule has 0 aromatic heterocycles. The lowest BCUT2D eigenvalue weighted by atomic mass is 10.1. The highest BCUT2D eigenvalue weighted by Gasteiger charge is 2.34. The van der Waals surface area contributed by atoms with Crippen LogP contribution >= 0.6 is 0 Å². The molecule has 0 heterocycles. The molecule has 9 heteroatoms. The van der Waals surface area contributed by atoms with E-state index in [-0.39, 0.29) is 29.1 Å². The van der Waals surface area contributed by atoms with E-state index in [2.05, 4.69) is 5.32 Å². The van der Waals surface area contributed by atoms with Gasteiger partial charge in [-0.25, -0.2) is 8.42 Å². The van der Waals surface area contributed by atoms with E-state index in [0.29, 0.717) is 18.8 Å². The molecule has 40 heavy (non-hydrogen) atoms. The van der Waals surface area contributed by atoms with Crippen LogP contribution in [0.1, 0.15) is 45.2 Å². The fourth-order valence-corrected chi connectivity index (χ4v) is 5.80. The molecular formula is C31H39N3O5S. The molecule has 8 nitrogen and oxygen atoms in total. The number of anilines is 1.